The minimum absolute atomic E-state index is 0.0474. The summed E-state index contributed by atoms with van der Waals surface area (Å²) in [5.41, 5.74) is 2.61. The quantitative estimate of drug-likeness (QED) is 0.852. The van der Waals surface area contributed by atoms with E-state index in [4.69, 9.17) is 0 Å². The van der Waals surface area contributed by atoms with E-state index in [-0.39, 0.29) is 23.8 Å². The molecule has 1 aromatic heterocycles. The highest BCUT2D eigenvalue weighted by atomic mass is 16.2. The smallest absolute Gasteiger partial charge is 0.253 e. The molecular weight excluding hydrogens is 328 g/mol. The molecule has 0 bridgehead atoms. The lowest BCUT2D eigenvalue weighted by Crippen LogP contribution is -2.45. The van der Waals surface area contributed by atoms with E-state index < -0.39 is 0 Å². The molecule has 1 aromatic carbocycles. The van der Waals surface area contributed by atoms with Crippen LogP contribution in [0.2, 0.25) is 0 Å². The molecule has 1 aliphatic rings. The van der Waals surface area contributed by atoms with Crippen molar-refractivity contribution < 1.29 is 9.59 Å². The summed E-state index contributed by atoms with van der Waals surface area (Å²) in [6.07, 6.45) is 3.23. The van der Waals surface area contributed by atoms with Crippen LogP contribution in [0.15, 0.2) is 48.8 Å². The van der Waals surface area contributed by atoms with Gasteiger partial charge in [-0.1, -0.05) is 30.3 Å². The van der Waals surface area contributed by atoms with Crippen LogP contribution in [0.5, 0.6) is 0 Å². The number of nitrogens with zero attached hydrogens (tertiary/aromatic N) is 2. The fraction of sp³-hybridized carbons (Fsp3) is 0.350. The van der Waals surface area contributed by atoms with Crippen molar-refractivity contribution in [2.45, 2.75) is 19.5 Å². The van der Waals surface area contributed by atoms with Crippen LogP contribution in [0.1, 0.15) is 21.5 Å². The molecule has 6 heteroatoms. The molecule has 3 rings (SSSR count). The Morgan fingerprint density at radius 2 is 1.96 bits per heavy atom. The highest BCUT2D eigenvalue weighted by molar-refractivity contribution is 5.96. The average molecular weight is 352 g/mol. The molecule has 0 saturated carbocycles. The number of nitrogens with one attached hydrogen (secondary N) is 2. The highest BCUT2D eigenvalue weighted by Gasteiger charge is 2.38. The Morgan fingerprint density at radius 3 is 2.65 bits per heavy atom. The number of likely N-dealkylation sites (tertiary alicyclic amines) is 1. The zero-order valence-corrected chi connectivity index (χ0v) is 15.1. The number of benzene rings is 1. The van der Waals surface area contributed by atoms with Gasteiger partial charge in [0.05, 0.1) is 17.5 Å². The molecule has 2 heterocycles. The molecule has 1 aliphatic heterocycles. The van der Waals surface area contributed by atoms with Crippen LogP contribution in [0, 0.1) is 12.8 Å². The van der Waals surface area contributed by atoms with E-state index in [2.05, 4.69) is 32.7 Å². The normalized spacial score (nSPS) is 19.9. The monoisotopic (exact) mass is 352 g/mol. The van der Waals surface area contributed by atoms with Gasteiger partial charge in [0, 0.05) is 39.1 Å². The minimum Gasteiger partial charge on any atom is -0.359 e. The van der Waals surface area contributed by atoms with E-state index in [1.54, 1.807) is 19.4 Å². The third-order valence-electron chi connectivity index (χ3n) is 4.83. The van der Waals surface area contributed by atoms with Crippen molar-refractivity contribution in [3.63, 3.8) is 0 Å². The number of aromatic nitrogens is 1. The first-order valence-corrected chi connectivity index (χ1v) is 8.78. The van der Waals surface area contributed by atoms with Gasteiger partial charge in [-0.3, -0.25) is 19.5 Å². The average Bonchev–Trinajstić information content (AvgIpc) is 3.04. The van der Waals surface area contributed by atoms with Crippen molar-refractivity contribution in [2.75, 3.05) is 20.1 Å². The first-order chi connectivity index (χ1) is 12.6. The van der Waals surface area contributed by atoms with Crippen LogP contribution in [0.3, 0.4) is 0 Å². The molecule has 0 radical (unpaired) electrons. The zero-order valence-electron chi connectivity index (χ0n) is 15.1. The summed E-state index contributed by atoms with van der Waals surface area (Å²) < 4.78 is 0. The Hall–Kier alpha value is -2.73. The second-order valence-corrected chi connectivity index (χ2v) is 6.67. The molecule has 0 aliphatic carbocycles. The number of pyridine rings is 1. The van der Waals surface area contributed by atoms with Gasteiger partial charge in [-0.2, -0.15) is 0 Å². The van der Waals surface area contributed by atoms with Gasteiger partial charge in [-0.05, 0) is 24.1 Å². The predicted molar refractivity (Wildman–Crippen MR) is 99.5 cm³/mol. The summed E-state index contributed by atoms with van der Waals surface area (Å²) in [6.45, 7) is 3.89. The molecule has 2 aromatic rings. The van der Waals surface area contributed by atoms with Crippen LogP contribution in [-0.4, -0.2) is 47.9 Å². The number of aryl methyl sites for hydroxylation is 1. The maximum absolute atomic E-state index is 12.6. The summed E-state index contributed by atoms with van der Waals surface area (Å²) >= 11 is 0. The van der Waals surface area contributed by atoms with Crippen LogP contribution in [0.4, 0.5) is 0 Å². The Bertz CT molecular complexity index is 778. The largest absolute Gasteiger partial charge is 0.359 e. The maximum atomic E-state index is 12.6. The summed E-state index contributed by atoms with van der Waals surface area (Å²) in [4.78, 5) is 31.2. The van der Waals surface area contributed by atoms with Gasteiger partial charge in [0.1, 0.15) is 0 Å². The molecule has 2 amide bonds. The summed E-state index contributed by atoms with van der Waals surface area (Å²) in [6, 6.07) is 11.7. The molecule has 6 nitrogen and oxygen atoms in total. The second kappa shape index (κ2) is 8.10. The second-order valence-electron chi connectivity index (χ2n) is 6.67. The lowest BCUT2D eigenvalue weighted by atomic mass is 10.0. The van der Waals surface area contributed by atoms with Gasteiger partial charge in [-0.25, -0.2) is 0 Å². The molecule has 1 fully saturated rings. The van der Waals surface area contributed by atoms with E-state index >= 15 is 0 Å². The lowest BCUT2D eigenvalue weighted by molar-refractivity contribution is -0.124. The number of amides is 2. The van der Waals surface area contributed by atoms with Crippen LogP contribution < -0.4 is 10.6 Å². The molecule has 0 unspecified atom stereocenters. The third-order valence-corrected chi connectivity index (χ3v) is 4.83. The first kappa shape index (κ1) is 18.1. The molecule has 0 spiro atoms. The first-order valence-electron chi connectivity index (χ1n) is 8.78. The van der Waals surface area contributed by atoms with Crippen molar-refractivity contribution in [1.29, 1.82) is 0 Å². The van der Waals surface area contributed by atoms with Gasteiger partial charge >= 0.3 is 0 Å². The van der Waals surface area contributed by atoms with Crippen LogP contribution in [-0.2, 0) is 11.3 Å². The predicted octanol–water partition coefficient (Wildman–Crippen LogP) is 1.37. The van der Waals surface area contributed by atoms with Gasteiger partial charge < -0.3 is 10.6 Å². The SMILES string of the molecule is CNC(=O)[C@H]1CN(Cc2ccccc2)C[C@@H]1NC(=O)c1cnccc1C. The molecular formula is C20H24N4O2. The standard InChI is InChI=1S/C20H24N4O2/c1-14-8-9-22-10-16(14)20(26)23-18-13-24(12-17(18)19(25)21-2)11-15-6-4-3-5-7-15/h3-10,17-18H,11-13H2,1-2H3,(H,21,25)(H,23,26)/t17-,18-/m0/s1. The van der Waals surface area contributed by atoms with Gasteiger partial charge in [0.2, 0.25) is 5.91 Å². The summed E-state index contributed by atoms with van der Waals surface area (Å²) in [5.74, 6) is -0.505. The maximum Gasteiger partial charge on any atom is 0.253 e. The number of hydrogen-bond acceptors (Lipinski definition) is 4. The molecule has 2 atom stereocenters. The molecule has 1 saturated heterocycles. The lowest BCUT2D eigenvalue weighted by Gasteiger charge is -2.19. The van der Waals surface area contributed by atoms with Crippen molar-refractivity contribution >= 4 is 11.8 Å². The van der Waals surface area contributed by atoms with E-state index in [1.807, 2.05) is 31.2 Å². The van der Waals surface area contributed by atoms with E-state index in [9.17, 15) is 9.59 Å². The van der Waals surface area contributed by atoms with Crippen LogP contribution in [0.25, 0.3) is 0 Å². The topological polar surface area (TPSA) is 74.3 Å². The number of carbonyl (C=O) groups excluding carboxylic acids is 2. The van der Waals surface area contributed by atoms with Crippen LogP contribution >= 0.6 is 0 Å². The fourth-order valence-electron chi connectivity index (χ4n) is 3.40. The van der Waals surface area contributed by atoms with Crippen molar-refractivity contribution in [1.82, 2.24) is 20.5 Å². The summed E-state index contributed by atoms with van der Waals surface area (Å²) in [5, 5.41) is 5.75. The van der Waals surface area contributed by atoms with Crippen molar-refractivity contribution in [3.05, 3.63) is 65.5 Å². The number of carbonyl (C=O) groups is 2. The Balaban J connectivity index is 1.72. The number of rotatable bonds is 5. The minimum atomic E-state index is -0.273. The van der Waals surface area contributed by atoms with Gasteiger partial charge in [-0.15, -0.1) is 0 Å². The van der Waals surface area contributed by atoms with Crippen molar-refractivity contribution in [2.24, 2.45) is 5.92 Å². The van der Waals surface area contributed by atoms with E-state index in [0.29, 0.717) is 18.7 Å². The highest BCUT2D eigenvalue weighted by Crippen LogP contribution is 2.20. The molecule has 26 heavy (non-hydrogen) atoms. The third kappa shape index (κ3) is 4.08. The van der Waals surface area contributed by atoms with Gasteiger partial charge in [0.25, 0.3) is 5.91 Å². The summed E-state index contributed by atoms with van der Waals surface area (Å²) in [7, 11) is 1.63. The number of hydrogen-bond donors (Lipinski definition) is 2. The molecule has 2 N–H and O–H groups in total. The Morgan fingerprint density at radius 1 is 1.19 bits per heavy atom. The molecule has 136 valence electrons. The van der Waals surface area contributed by atoms with Crippen molar-refractivity contribution in [3.8, 4) is 0 Å². The fourth-order valence-corrected chi connectivity index (χ4v) is 3.40. The van der Waals surface area contributed by atoms with Gasteiger partial charge in [0.15, 0.2) is 0 Å². The Labute approximate surface area is 153 Å². The van der Waals surface area contributed by atoms with E-state index in [1.165, 1.54) is 5.56 Å². The Kier molecular flexibility index (Phi) is 5.63. The van der Waals surface area contributed by atoms with E-state index in [0.717, 1.165) is 12.1 Å². The zero-order chi connectivity index (χ0) is 18.5.